The number of hydrogen-bond acceptors (Lipinski definition) is 3. The smallest absolute Gasteiger partial charge is 0.247 e. The highest BCUT2D eigenvalue weighted by atomic mass is 16.1. The summed E-state index contributed by atoms with van der Waals surface area (Å²) in [5.41, 5.74) is 5.09. The minimum absolute atomic E-state index is 0.215. The van der Waals surface area contributed by atoms with Crippen LogP contribution in [0.2, 0.25) is 0 Å². The summed E-state index contributed by atoms with van der Waals surface area (Å²) in [6.07, 6.45) is 2.22. The largest absolute Gasteiger partial charge is 0.323 e. The monoisotopic (exact) mass is 268 g/mol. The van der Waals surface area contributed by atoms with Crippen molar-refractivity contribution in [1.29, 1.82) is 0 Å². The number of aromatic nitrogens is 2. The summed E-state index contributed by atoms with van der Waals surface area (Å²) in [6, 6.07) is 7.68. The number of aromatic amines is 1. The summed E-state index contributed by atoms with van der Waals surface area (Å²) < 4.78 is 0. The molecule has 5 nitrogen and oxygen atoms in total. The molecule has 1 aromatic carbocycles. The Balaban J connectivity index is 1.94. The first-order valence-corrected chi connectivity index (χ1v) is 6.58. The van der Waals surface area contributed by atoms with E-state index in [1.807, 2.05) is 24.3 Å². The molecule has 0 saturated heterocycles. The molecule has 0 unspecified atom stereocenters. The lowest BCUT2D eigenvalue weighted by Gasteiger charge is -2.13. The minimum atomic E-state index is -0.215. The first kappa shape index (κ1) is 12.6. The standard InChI is InChI=1S/C15H16N4O/c1-2-14(20)17-11-5-3-4-10(8-11)15-12-9-16-7-6-13(12)18-19-15/h2-5,8,16H,1,6-7,9H2,(H,17,20)(H,18,19). The third-order valence-corrected chi connectivity index (χ3v) is 3.40. The lowest BCUT2D eigenvalue weighted by atomic mass is 10.0. The maximum Gasteiger partial charge on any atom is 0.247 e. The highest BCUT2D eigenvalue weighted by Gasteiger charge is 2.17. The van der Waals surface area contributed by atoms with Gasteiger partial charge in [0.15, 0.2) is 0 Å². The average molecular weight is 268 g/mol. The molecule has 1 aliphatic rings. The van der Waals surface area contributed by atoms with E-state index in [-0.39, 0.29) is 5.91 Å². The second kappa shape index (κ2) is 5.30. The van der Waals surface area contributed by atoms with Crippen molar-refractivity contribution in [1.82, 2.24) is 15.5 Å². The van der Waals surface area contributed by atoms with Crippen molar-refractivity contribution in [2.24, 2.45) is 0 Å². The van der Waals surface area contributed by atoms with Gasteiger partial charge in [-0.25, -0.2) is 0 Å². The van der Waals surface area contributed by atoms with Gasteiger partial charge in [-0.3, -0.25) is 9.89 Å². The number of H-pyrrole nitrogens is 1. The van der Waals surface area contributed by atoms with Crippen molar-refractivity contribution in [3.63, 3.8) is 0 Å². The Morgan fingerprint density at radius 3 is 3.20 bits per heavy atom. The van der Waals surface area contributed by atoms with E-state index in [0.29, 0.717) is 0 Å². The fourth-order valence-electron chi connectivity index (χ4n) is 2.40. The van der Waals surface area contributed by atoms with Gasteiger partial charge in [-0.15, -0.1) is 0 Å². The molecule has 0 fully saturated rings. The molecule has 0 atom stereocenters. The molecule has 102 valence electrons. The van der Waals surface area contributed by atoms with Gasteiger partial charge >= 0.3 is 0 Å². The number of hydrogen-bond donors (Lipinski definition) is 3. The fraction of sp³-hybridized carbons (Fsp3) is 0.200. The molecule has 0 bridgehead atoms. The second-order valence-electron chi connectivity index (χ2n) is 4.73. The quantitative estimate of drug-likeness (QED) is 0.744. The normalized spacial score (nSPS) is 13.6. The summed E-state index contributed by atoms with van der Waals surface area (Å²) >= 11 is 0. The molecular weight excluding hydrogens is 252 g/mol. The third kappa shape index (κ3) is 2.35. The van der Waals surface area contributed by atoms with E-state index in [4.69, 9.17) is 0 Å². The number of fused-ring (bicyclic) bond motifs is 1. The van der Waals surface area contributed by atoms with Crippen LogP contribution in [0.3, 0.4) is 0 Å². The Kier molecular flexibility index (Phi) is 3.35. The van der Waals surface area contributed by atoms with Gasteiger partial charge in [-0.05, 0) is 18.2 Å². The lowest BCUT2D eigenvalue weighted by Crippen LogP contribution is -2.23. The molecule has 3 N–H and O–H groups in total. The molecule has 2 aromatic rings. The molecule has 1 aromatic heterocycles. The van der Waals surface area contributed by atoms with Gasteiger partial charge in [0.2, 0.25) is 5.91 Å². The van der Waals surface area contributed by atoms with Crippen molar-refractivity contribution in [2.75, 3.05) is 11.9 Å². The topological polar surface area (TPSA) is 69.8 Å². The zero-order valence-corrected chi connectivity index (χ0v) is 11.1. The Morgan fingerprint density at radius 1 is 1.45 bits per heavy atom. The van der Waals surface area contributed by atoms with Crippen LogP contribution in [-0.2, 0) is 17.8 Å². The molecule has 1 amide bonds. The SMILES string of the molecule is C=CC(=O)Nc1cccc(-c2n[nH]c3c2CNCC3)c1. The third-order valence-electron chi connectivity index (χ3n) is 3.40. The van der Waals surface area contributed by atoms with Gasteiger partial charge in [-0.2, -0.15) is 5.10 Å². The van der Waals surface area contributed by atoms with Gasteiger partial charge in [0, 0.05) is 42.0 Å². The molecular formula is C15H16N4O. The van der Waals surface area contributed by atoms with E-state index < -0.39 is 0 Å². The number of anilines is 1. The molecule has 0 radical (unpaired) electrons. The molecule has 2 heterocycles. The summed E-state index contributed by atoms with van der Waals surface area (Å²) in [7, 11) is 0. The first-order valence-electron chi connectivity index (χ1n) is 6.58. The molecule has 3 rings (SSSR count). The number of amides is 1. The van der Waals surface area contributed by atoms with E-state index in [1.165, 1.54) is 17.3 Å². The summed E-state index contributed by atoms with van der Waals surface area (Å²) in [6.45, 7) is 5.25. The van der Waals surface area contributed by atoms with Crippen molar-refractivity contribution >= 4 is 11.6 Å². The molecule has 0 saturated carbocycles. The van der Waals surface area contributed by atoms with Crippen LogP contribution in [0, 0.1) is 0 Å². The Morgan fingerprint density at radius 2 is 2.35 bits per heavy atom. The second-order valence-corrected chi connectivity index (χ2v) is 4.73. The maximum absolute atomic E-state index is 11.4. The Bertz CT molecular complexity index is 660. The van der Waals surface area contributed by atoms with Crippen molar-refractivity contribution in [3.05, 3.63) is 48.2 Å². The maximum atomic E-state index is 11.4. The van der Waals surface area contributed by atoms with E-state index in [1.54, 1.807) is 0 Å². The molecule has 20 heavy (non-hydrogen) atoms. The zero-order valence-electron chi connectivity index (χ0n) is 11.1. The highest BCUT2D eigenvalue weighted by Crippen LogP contribution is 2.27. The van der Waals surface area contributed by atoms with Crippen molar-refractivity contribution in [2.45, 2.75) is 13.0 Å². The van der Waals surface area contributed by atoms with Crippen molar-refractivity contribution in [3.8, 4) is 11.3 Å². The van der Waals surface area contributed by atoms with E-state index in [2.05, 4.69) is 27.4 Å². The lowest BCUT2D eigenvalue weighted by molar-refractivity contribution is -0.111. The number of nitrogens with zero attached hydrogens (tertiary/aromatic N) is 1. The van der Waals surface area contributed by atoms with Gasteiger partial charge in [-0.1, -0.05) is 18.7 Å². The number of nitrogens with one attached hydrogen (secondary N) is 3. The minimum Gasteiger partial charge on any atom is -0.323 e. The van der Waals surface area contributed by atoms with E-state index in [9.17, 15) is 4.79 Å². The summed E-state index contributed by atoms with van der Waals surface area (Å²) in [5.74, 6) is -0.215. The molecule has 1 aliphatic heterocycles. The predicted octanol–water partition coefficient (Wildman–Crippen LogP) is 1.85. The zero-order chi connectivity index (χ0) is 13.9. The predicted molar refractivity (Wildman–Crippen MR) is 78.3 cm³/mol. The number of rotatable bonds is 3. The van der Waals surface area contributed by atoms with Crippen LogP contribution in [0.25, 0.3) is 11.3 Å². The van der Waals surface area contributed by atoms with Crippen LogP contribution in [0.4, 0.5) is 5.69 Å². The van der Waals surface area contributed by atoms with Crippen LogP contribution in [0.5, 0.6) is 0 Å². The summed E-state index contributed by atoms with van der Waals surface area (Å²) in [4.78, 5) is 11.4. The van der Waals surface area contributed by atoms with Crippen LogP contribution in [-0.4, -0.2) is 22.6 Å². The van der Waals surface area contributed by atoms with Crippen LogP contribution in [0.15, 0.2) is 36.9 Å². The van der Waals surface area contributed by atoms with Crippen LogP contribution >= 0.6 is 0 Å². The average Bonchev–Trinajstić information content (AvgIpc) is 2.91. The summed E-state index contributed by atoms with van der Waals surface area (Å²) in [5, 5.41) is 13.6. The fourth-order valence-corrected chi connectivity index (χ4v) is 2.40. The number of carbonyl (C=O) groups is 1. The van der Waals surface area contributed by atoms with Gasteiger partial charge in [0.25, 0.3) is 0 Å². The molecule has 5 heteroatoms. The van der Waals surface area contributed by atoms with Crippen LogP contribution in [0.1, 0.15) is 11.3 Å². The first-order chi connectivity index (χ1) is 9.78. The van der Waals surface area contributed by atoms with Gasteiger partial charge < -0.3 is 10.6 Å². The van der Waals surface area contributed by atoms with Gasteiger partial charge in [0.1, 0.15) is 0 Å². The molecule has 0 spiro atoms. The van der Waals surface area contributed by atoms with Crippen molar-refractivity contribution < 1.29 is 4.79 Å². The van der Waals surface area contributed by atoms with Crippen LogP contribution < -0.4 is 10.6 Å². The number of carbonyl (C=O) groups excluding carboxylic acids is 1. The van der Waals surface area contributed by atoms with E-state index in [0.717, 1.165) is 36.5 Å². The van der Waals surface area contributed by atoms with E-state index >= 15 is 0 Å². The van der Waals surface area contributed by atoms with Gasteiger partial charge in [0.05, 0.1) is 5.69 Å². The Hall–Kier alpha value is -2.40. The Labute approximate surface area is 117 Å². The number of benzene rings is 1. The highest BCUT2D eigenvalue weighted by molar-refractivity contribution is 5.99. The molecule has 0 aliphatic carbocycles.